The first kappa shape index (κ1) is 9.66. The van der Waals surface area contributed by atoms with Gasteiger partial charge in [0.2, 0.25) is 0 Å². The van der Waals surface area contributed by atoms with E-state index in [1.807, 2.05) is 19.1 Å². The fraction of sp³-hybridized carbons (Fsp3) is 0.500. The van der Waals surface area contributed by atoms with Crippen molar-refractivity contribution in [1.82, 2.24) is 0 Å². The molecule has 13 heavy (non-hydrogen) atoms. The van der Waals surface area contributed by atoms with Gasteiger partial charge in [-0.3, -0.25) is 4.79 Å². The molecule has 0 saturated heterocycles. The highest BCUT2D eigenvalue weighted by molar-refractivity contribution is 6.06. The number of hydrogen-bond donors (Lipinski definition) is 0. The molecule has 1 aliphatic heterocycles. The molecule has 0 spiro atoms. The molecule has 1 aliphatic rings. The summed E-state index contributed by atoms with van der Waals surface area (Å²) in [6.45, 7) is 3.81. The van der Waals surface area contributed by atoms with Crippen LogP contribution in [0.3, 0.4) is 0 Å². The van der Waals surface area contributed by atoms with Gasteiger partial charge in [-0.15, -0.1) is 0 Å². The molecule has 0 bridgehead atoms. The quantitative estimate of drug-likeness (QED) is 0.644. The second kappa shape index (κ2) is 3.99. The number of hydrogen-bond acceptors (Lipinski definition) is 2. The minimum atomic E-state index is -0.636. The average molecular weight is 176 g/mol. The standard InChI is InChI=1S/C10H12N2O/c1-3-4-8-5-7(2)12-10(13)9(8)6-11/h5,9H,3-4H2,1-2H3/t9-/m0/s1. The molecule has 1 heterocycles. The summed E-state index contributed by atoms with van der Waals surface area (Å²) in [5.74, 6) is -0.949. The van der Waals surface area contributed by atoms with Crippen LogP contribution in [0.15, 0.2) is 16.6 Å². The number of aliphatic imine (C=N–C) groups is 1. The van der Waals surface area contributed by atoms with Crippen molar-refractivity contribution in [3.05, 3.63) is 11.6 Å². The van der Waals surface area contributed by atoms with Crippen molar-refractivity contribution in [2.45, 2.75) is 26.7 Å². The first-order valence-corrected chi connectivity index (χ1v) is 4.38. The summed E-state index contributed by atoms with van der Waals surface area (Å²) < 4.78 is 0. The van der Waals surface area contributed by atoms with Crippen LogP contribution in [0.4, 0.5) is 0 Å². The van der Waals surface area contributed by atoms with Gasteiger partial charge in [-0.1, -0.05) is 13.3 Å². The molecule has 0 fully saturated rings. The van der Waals surface area contributed by atoms with Gasteiger partial charge in [-0.25, -0.2) is 4.99 Å². The zero-order chi connectivity index (χ0) is 9.84. The van der Waals surface area contributed by atoms with Gasteiger partial charge in [0.25, 0.3) is 5.91 Å². The van der Waals surface area contributed by atoms with E-state index in [4.69, 9.17) is 5.26 Å². The maximum absolute atomic E-state index is 11.3. The largest absolute Gasteiger partial charge is 0.271 e. The summed E-state index contributed by atoms with van der Waals surface area (Å²) in [7, 11) is 0. The van der Waals surface area contributed by atoms with E-state index in [1.165, 1.54) is 0 Å². The summed E-state index contributed by atoms with van der Waals surface area (Å²) in [5, 5.41) is 8.76. The van der Waals surface area contributed by atoms with Gasteiger partial charge in [0.15, 0.2) is 0 Å². The zero-order valence-corrected chi connectivity index (χ0v) is 7.87. The van der Waals surface area contributed by atoms with Crippen LogP contribution in [0.25, 0.3) is 0 Å². The van der Waals surface area contributed by atoms with Crippen molar-refractivity contribution in [3.63, 3.8) is 0 Å². The van der Waals surface area contributed by atoms with E-state index in [0.29, 0.717) is 5.71 Å². The van der Waals surface area contributed by atoms with Crippen molar-refractivity contribution < 1.29 is 4.79 Å². The number of nitriles is 1. The maximum Gasteiger partial charge on any atom is 0.267 e. The summed E-state index contributed by atoms with van der Waals surface area (Å²) in [6.07, 6.45) is 3.60. The fourth-order valence-electron chi connectivity index (χ4n) is 1.42. The number of amides is 1. The topological polar surface area (TPSA) is 53.2 Å². The number of rotatable bonds is 2. The van der Waals surface area contributed by atoms with Crippen LogP contribution in [0.1, 0.15) is 26.7 Å². The van der Waals surface area contributed by atoms with Crippen molar-refractivity contribution in [2.24, 2.45) is 10.9 Å². The number of dihydropyridines is 1. The molecule has 0 aromatic carbocycles. The monoisotopic (exact) mass is 176 g/mol. The summed E-state index contributed by atoms with van der Waals surface area (Å²) in [5.41, 5.74) is 1.61. The maximum atomic E-state index is 11.3. The first-order chi connectivity index (χ1) is 6.19. The van der Waals surface area contributed by atoms with Gasteiger partial charge in [0, 0.05) is 5.71 Å². The molecule has 0 radical (unpaired) electrons. The Balaban J connectivity index is 2.94. The van der Waals surface area contributed by atoms with Gasteiger partial charge >= 0.3 is 0 Å². The molecular weight excluding hydrogens is 164 g/mol. The molecule has 0 aliphatic carbocycles. The van der Waals surface area contributed by atoms with E-state index in [2.05, 4.69) is 4.99 Å². The van der Waals surface area contributed by atoms with E-state index < -0.39 is 5.92 Å². The van der Waals surface area contributed by atoms with E-state index in [1.54, 1.807) is 6.92 Å². The van der Waals surface area contributed by atoms with Crippen LogP contribution >= 0.6 is 0 Å². The third kappa shape index (κ3) is 2.03. The van der Waals surface area contributed by atoms with Crippen LogP contribution in [0.5, 0.6) is 0 Å². The SMILES string of the molecule is CCCC1=CC(C)=NC(=O)[C@H]1C#N. The Kier molecular flexibility index (Phi) is 2.97. The number of carbonyl (C=O) groups excluding carboxylic acids is 1. The lowest BCUT2D eigenvalue weighted by atomic mass is 9.92. The number of allylic oxidation sites excluding steroid dienone is 1. The van der Waals surface area contributed by atoms with Gasteiger partial charge in [0.1, 0.15) is 5.92 Å². The highest BCUT2D eigenvalue weighted by Gasteiger charge is 2.24. The minimum absolute atomic E-state index is 0.314. The Morgan fingerprint density at radius 3 is 2.92 bits per heavy atom. The molecule has 3 heteroatoms. The van der Waals surface area contributed by atoms with Crippen LogP contribution in [-0.4, -0.2) is 11.6 Å². The van der Waals surface area contributed by atoms with Gasteiger partial charge in [0.05, 0.1) is 6.07 Å². The lowest BCUT2D eigenvalue weighted by Gasteiger charge is -2.14. The number of nitrogens with zero attached hydrogens (tertiary/aromatic N) is 2. The third-order valence-electron chi connectivity index (χ3n) is 1.97. The Hall–Kier alpha value is -1.43. The van der Waals surface area contributed by atoms with Crippen molar-refractivity contribution in [3.8, 4) is 6.07 Å². The second-order valence-corrected chi connectivity index (χ2v) is 3.12. The molecule has 0 aromatic heterocycles. The van der Waals surface area contributed by atoms with Crippen LogP contribution in [0, 0.1) is 17.2 Å². The van der Waals surface area contributed by atoms with Crippen LogP contribution in [0.2, 0.25) is 0 Å². The van der Waals surface area contributed by atoms with Crippen molar-refractivity contribution >= 4 is 11.6 Å². The van der Waals surface area contributed by atoms with Crippen molar-refractivity contribution in [1.29, 1.82) is 5.26 Å². The Bertz CT molecular complexity index is 320. The highest BCUT2D eigenvalue weighted by atomic mass is 16.1. The Labute approximate surface area is 77.8 Å². The molecule has 1 atom stereocenters. The molecule has 68 valence electrons. The molecule has 3 nitrogen and oxygen atoms in total. The lowest BCUT2D eigenvalue weighted by Crippen LogP contribution is -2.19. The van der Waals surface area contributed by atoms with E-state index >= 15 is 0 Å². The second-order valence-electron chi connectivity index (χ2n) is 3.12. The Morgan fingerprint density at radius 1 is 1.69 bits per heavy atom. The Morgan fingerprint density at radius 2 is 2.38 bits per heavy atom. The molecule has 0 unspecified atom stereocenters. The molecular formula is C10H12N2O. The molecule has 0 N–H and O–H groups in total. The van der Waals surface area contributed by atoms with Crippen LogP contribution in [-0.2, 0) is 4.79 Å². The zero-order valence-electron chi connectivity index (χ0n) is 7.87. The minimum Gasteiger partial charge on any atom is -0.271 e. The molecule has 0 saturated carbocycles. The fourth-order valence-corrected chi connectivity index (χ4v) is 1.42. The first-order valence-electron chi connectivity index (χ1n) is 4.38. The molecule has 0 aromatic rings. The average Bonchev–Trinajstić information content (AvgIpc) is 2.04. The summed E-state index contributed by atoms with van der Waals surface area (Å²) in [6, 6.07) is 1.98. The van der Waals surface area contributed by atoms with Gasteiger partial charge in [-0.05, 0) is 25.0 Å². The third-order valence-corrected chi connectivity index (χ3v) is 1.97. The molecule has 1 amide bonds. The van der Waals surface area contributed by atoms with E-state index in [9.17, 15) is 4.79 Å². The van der Waals surface area contributed by atoms with Gasteiger partial charge < -0.3 is 0 Å². The number of carbonyl (C=O) groups is 1. The lowest BCUT2D eigenvalue weighted by molar-refractivity contribution is -0.119. The van der Waals surface area contributed by atoms with Crippen LogP contribution < -0.4 is 0 Å². The highest BCUT2D eigenvalue weighted by Crippen LogP contribution is 2.21. The predicted molar refractivity (Wildman–Crippen MR) is 50.2 cm³/mol. The molecule has 1 rings (SSSR count). The predicted octanol–water partition coefficient (Wildman–Crippen LogP) is 1.85. The van der Waals surface area contributed by atoms with Crippen molar-refractivity contribution in [2.75, 3.05) is 0 Å². The normalized spacial score (nSPS) is 21.9. The van der Waals surface area contributed by atoms with E-state index in [-0.39, 0.29) is 5.91 Å². The summed E-state index contributed by atoms with van der Waals surface area (Å²) in [4.78, 5) is 15.0. The smallest absolute Gasteiger partial charge is 0.267 e. The summed E-state index contributed by atoms with van der Waals surface area (Å²) >= 11 is 0. The van der Waals surface area contributed by atoms with E-state index in [0.717, 1.165) is 18.4 Å². The van der Waals surface area contributed by atoms with Gasteiger partial charge in [-0.2, -0.15) is 5.26 Å².